The third-order valence-corrected chi connectivity index (χ3v) is 6.77. The molecule has 14 heteroatoms. The lowest BCUT2D eigenvalue weighted by molar-refractivity contribution is 0.234. The molecule has 0 aliphatic heterocycles. The Labute approximate surface area is 199 Å². The molecule has 2 aromatic rings. The van der Waals surface area contributed by atoms with Gasteiger partial charge < -0.3 is 5.32 Å². The molecule has 6 N–H and O–H groups in total. The number of aromatic nitrogens is 2. The molecule has 1 aromatic carbocycles. The molecular weight excluding hydrogens is 521 g/mol. The van der Waals surface area contributed by atoms with E-state index in [1.54, 1.807) is 0 Å². The fourth-order valence-electron chi connectivity index (χ4n) is 4.00. The lowest BCUT2D eigenvalue weighted by Gasteiger charge is -2.29. The van der Waals surface area contributed by atoms with Gasteiger partial charge >= 0.3 is 0 Å². The van der Waals surface area contributed by atoms with Crippen LogP contribution < -0.4 is 20.7 Å². The van der Waals surface area contributed by atoms with Crippen LogP contribution >= 0.6 is 15.9 Å². The zero-order valence-corrected chi connectivity index (χ0v) is 20.2. The number of nitrogens with zero attached hydrogens (tertiary/aromatic N) is 3. The van der Waals surface area contributed by atoms with Crippen molar-refractivity contribution in [3.63, 3.8) is 0 Å². The number of halogens is 2. The molecule has 0 bridgehead atoms. The molecule has 0 radical (unpaired) electrons. The second kappa shape index (κ2) is 11.8. The van der Waals surface area contributed by atoms with Crippen LogP contribution in [-0.4, -0.2) is 42.9 Å². The van der Waals surface area contributed by atoms with Gasteiger partial charge in [-0.1, -0.05) is 19.3 Å². The average molecular weight is 548 g/mol. The molecule has 3 rings (SSSR count). The lowest BCUT2D eigenvalue weighted by atomic mass is 9.78. The monoisotopic (exact) mass is 547 g/mol. The summed E-state index contributed by atoms with van der Waals surface area (Å²) in [6.45, 7) is 0.957. The molecule has 1 fully saturated rings. The van der Waals surface area contributed by atoms with Crippen LogP contribution in [0.5, 0.6) is 0 Å². The molecule has 2 atom stereocenters. The van der Waals surface area contributed by atoms with E-state index < -0.39 is 16.0 Å². The molecule has 0 amide bonds. The van der Waals surface area contributed by atoms with Crippen LogP contribution in [0.3, 0.4) is 0 Å². The quantitative estimate of drug-likeness (QED) is 0.172. The number of anilines is 1. The van der Waals surface area contributed by atoms with Gasteiger partial charge in [0.1, 0.15) is 5.82 Å². The van der Waals surface area contributed by atoms with Crippen molar-refractivity contribution >= 4 is 43.5 Å². The van der Waals surface area contributed by atoms with Crippen LogP contribution in [-0.2, 0) is 10.2 Å². The minimum absolute atomic E-state index is 0.00246. The number of nitrogens with one attached hydrogen (secondary N) is 3. The summed E-state index contributed by atoms with van der Waals surface area (Å²) in [5.41, 5.74) is 2.56. The Morgan fingerprint density at radius 3 is 2.67 bits per heavy atom. The SMILES string of the molecule is NS(=O)(=O)NCCC1CCCC(CCNc2nonc2C(=Nc2ccc(F)c(Br)c2)NO)C1. The third kappa shape index (κ3) is 7.99. The molecule has 1 aliphatic rings. The highest BCUT2D eigenvalue weighted by Crippen LogP contribution is 2.33. The summed E-state index contributed by atoms with van der Waals surface area (Å²) in [5.74, 6) is 0.839. The fraction of sp³-hybridized carbons (Fsp3) is 0.526. The first kappa shape index (κ1) is 25.5. The minimum atomic E-state index is -3.65. The van der Waals surface area contributed by atoms with Crippen LogP contribution in [0.2, 0.25) is 0 Å². The van der Waals surface area contributed by atoms with Gasteiger partial charge in [-0.05, 0) is 75.5 Å². The molecule has 182 valence electrons. The number of hydrogen-bond acceptors (Lipinski definition) is 8. The Bertz CT molecular complexity index is 1070. The Morgan fingerprint density at radius 2 is 2.00 bits per heavy atom. The number of nitrogens with two attached hydrogens (primary N) is 1. The first-order valence-corrected chi connectivity index (χ1v) is 12.9. The van der Waals surface area contributed by atoms with E-state index in [9.17, 15) is 18.0 Å². The van der Waals surface area contributed by atoms with Crippen LogP contribution in [0.15, 0.2) is 32.3 Å². The predicted molar refractivity (Wildman–Crippen MR) is 124 cm³/mol. The maximum atomic E-state index is 13.4. The van der Waals surface area contributed by atoms with Crippen molar-refractivity contribution in [1.82, 2.24) is 20.5 Å². The van der Waals surface area contributed by atoms with Gasteiger partial charge in [0.15, 0.2) is 11.5 Å². The molecule has 1 aromatic heterocycles. The van der Waals surface area contributed by atoms with Crippen LogP contribution in [0.4, 0.5) is 15.9 Å². The van der Waals surface area contributed by atoms with Crippen molar-refractivity contribution in [2.24, 2.45) is 22.0 Å². The van der Waals surface area contributed by atoms with E-state index in [4.69, 9.17) is 9.77 Å². The highest BCUT2D eigenvalue weighted by Gasteiger charge is 2.23. The molecule has 0 saturated heterocycles. The highest BCUT2D eigenvalue weighted by atomic mass is 79.9. The summed E-state index contributed by atoms with van der Waals surface area (Å²) < 4.78 is 42.9. The smallest absolute Gasteiger partial charge is 0.274 e. The van der Waals surface area contributed by atoms with Crippen molar-refractivity contribution < 1.29 is 22.6 Å². The van der Waals surface area contributed by atoms with Gasteiger partial charge in [-0.25, -0.2) is 23.9 Å². The predicted octanol–water partition coefficient (Wildman–Crippen LogP) is 2.82. The lowest BCUT2D eigenvalue weighted by Crippen LogP contribution is -2.33. The minimum Gasteiger partial charge on any atom is -0.365 e. The Balaban J connectivity index is 1.54. The van der Waals surface area contributed by atoms with Crippen LogP contribution in [0.1, 0.15) is 44.2 Å². The largest absolute Gasteiger partial charge is 0.365 e. The number of benzene rings is 1. The average Bonchev–Trinajstić information content (AvgIpc) is 3.22. The molecular formula is C19H27BrFN7O4S. The van der Waals surface area contributed by atoms with E-state index in [1.165, 1.54) is 18.2 Å². The van der Waals surface area contributed by atoms with Crippen molar-refractivity contribution in [2.75, 3.05) is 18.4 Å². The number of hydroxylamine groups is 1. The van der Waals surface area contributed by atoms with E-state index in [0.29, 0.717) is 36.4 Å². The maximum absolute atomic E-state index is 13.4. The molecule has 11 nitrogen and oxygen atoms in total. The van der Waals surface area contributed by atoms with E-state index in [-0.39, 0.29) is 16.0 Å². The second-order valence-corrected chi connectivity index (χ2v) is 10.2. The molecule has 2 unspecified atom stereocenters. The Morgan fingerprint density at radius 1 is 1.27 bits per heavy atom. The van der Waals surface area contributed by atoms with Crippen molar-refractivity contribution in [1.29, 1.82) is 0 Å². The molecule has 33 heavy (non-hydrogen) atoms. The van der Waals surface area contributed by atoms with Crippen molar-refractivity contribution in [3.05, 3.63) is 34.2 Å². The third-order valence-electron chi connectivity index (χ3n) is 5.56. The normalized spacial score (nSPS) is 19.5. The van der Waals surface area contributed by atoms with Gasteiger partial charge in [-0.3, -0.25) is 10.7 Å². The van der Waals surface area contributed by atoms with Crippen molar-refractivity contribution in [2.45, 2.75) is 38.5 Å². The molecule has 1 saturated carbocycles. The second-order valence-electron chi connectivity index (χ2n) is 7.97. The molecule has 0 spiro atoms. The Hall–Kier alpha value is -2.13. The number of aliphatic imine (C=N–C) groups is 1. The molecule has 1 aliphatic carbocycles. The number of rotatable bonds is 10. The van der Waals surface area contributed by atoms with E-state index >= 15 is 0 Å². The number of hydrogen-bond donors (Lipinski definition) is 5. The summed E-state index contributed by atoms with van der Waals surface area (Å²) >= 11 is 3.10. The summed E-state index contributed by atoms with van der Waals surface area (Å²) in [7, 11) is -3.65. The summed E-state index contributed by atoms with van der Waals surface area (Å²) in [6.07, 6.45) is 5.95. The summed E-state index contributed by atoms with van der Waals surface area (Å²) in [5, 5.41) is 25.3. The number of amidine groups is 1. The van der Waals surface area contributed by atoms with E-state index in [2.05, 4.69) is 41.3 Å². The first-order valence-electron chi connectivity index (χ1n) is 10.5. The summed E-state index contributed by atoms with van der Waals surface area (Å²) in [6, 6.07) is 4.17. The van der Waals surface area contributed by atoms with E-state index in [1.807, 2.05) is 5.48 Å². The highest BCUT2D eigenvalue weighted by molar-refractivity contribution is 9.10. The summed E-state index contributed by atoms with van der Waals surface area (Å²) in [4.78, 5) is 4.23. The molecule has 1 heterocycles. The van der Waals surface area contributed by atoms with Gasteiger partial charge in [0.2, 0.25) is 5.82 Å². The fourth-order valence-corrected chi connectivity index (χ4v) is 4.77. The zero-order chi connectivity index (χ0) is 23.8. The van der Waals surface area contributed by atoms with Crippen LogP contribution in [0, 0.1) is 17.7 Å². The van der Waals surface area contributed by atoms with Gasteiger partial charge in [-0.2, -0.15) is 8.42 Å². The van der Waals surface area contributed by atoms with Gasteiger partial charge in [0.25, 0.3) is 10.2 Å². The Kier molecular flexibility index (Phi) is 9.14. The van der Waals surface area contributed by atoms with E-state index in [0.717, 1.165) is 38.5 Å². The zero-order valence-electron chi connectivity index (χ0n) is 17.8. The first-order chi connectivity index (χ1) is 15.7. The maximum Gasteiger partial charge on any atom is 0.274 e. The topological polar surface area (TPSA) is 168 Å². The van der Waals surface area contributed by atoms with Gasteiger partial charge in [0, 0.05) is 13.1 Å². The van der Waals surface area contributed by atoms with Gasteiger partial charge in [0.05, 0.1) is 10.2 Å². The van der Waals surface area contributed by atoms with Crippen molar-refractivity contribution in [3.8, 4) is 0 Å². The van der Waals surface area contributed by atoms with Crippen LogP contribution in [0.25, 0.3) is 0 Å². The van der Waals surface area contributed by atoms with Gasteiger partial charge in [-0.15, -0.1) is 0 Å². The standard InChI is InChI=1S/C19H27BrFN7O4S/c20-15-11-14(4-5-16(15)21)25-19(26-29)17-18(28-32-27-17)23-8-6-12-2-1-3-13(10-12)7-9-24-33(22,30)31/h4-5,11-13,24,29H,1-3,6-10H2,(H,23,28)(H,25,26)(H2,22,30,31).